The predicted octanol–water partition coefficient (Wildman–Crippen LogP) is 6.71. The van der Waals surface area contributed by atoms with E-state index in [9.17, 15) is 0 Å². The minimum Gasteiger partial charge on any atom is -0.122 e. The molecule has 0 aromatic heterocycles. The Morgan fingerprint density at radius 3 is 2.06 bits per heavy atom. The first kappa shape index (κ1) is 14.3. The van der Waals surface area contributed by atoms with Crippen LogP contribution >= 0.6 is 58.0 Å². The molecule has 0 nitrogen and oxygen atoms in total. The van der Waals surface area contributed by atoms with Crippen molar-refractivity contribution in [2.24, 2.45) is 0 Å². The van der Waals surface area contributed by atoms with Crippen LogP contribution in [0.3, 0.4) is 0 Å². The normalized spacial score (nSPS) is 10.7. The van der Waals surface area contributed by atoms with Crippen LogP contribution in [-0.4, -0.2) is 0 Å². The van der Waals surface area contributed by atoms with Crippen LogP contribution in [0.1, 0.15) is 5.56 Å². The van der Waals surface area contributed by atoms with E-state index >= 15 is 0 Å². The van der Waals surface area contributed by atoms with Gasteiger partial charge < -0.3 is 0 Å². The van der Waals surface area contributed by atoms with E-state index < -0.39 is 0 Å². The van der Waals surface area contributed by atoms with Crippen molar-refractivity contribution in [3.8, 4) is 11.1 Å². The van der Waals surface area contributed by atoms with Gasteiger partial charge in [-0.25, -0.2) is 0 Å². The lowest BCUT2D eigenvalue weighted by atomic mass is 10.0. The maximum Gasteiger partial charge on any atom is 0.0607 e. The van der Waals surface area contributed by atoms with Gasteiger partial charge in [-0.05, 0) is 35.4 Å². The molecule has 0 saturated carbocycles. The van der Waals surface area contributed by atoms with Crippen molar-refractivity contribution < 1.29 is 0 Å². The first-order valence-corrected chi connectivity index (χ1v) is 7.07. The molecule has 2 rings (SSSR count). The second-order valence-electron chi connectivity index (χ2n) is 3.68. The van der Waals surface area contributed by atoms with Crippen LogP contribution in [0, 0.1) is 0 Å². The Labute approximate surface area is 130 Å². The van der Waals surface area contributed by atoms with Crippen LogP contribution in [0.2, 0.25) is 20.1 Å². The van der Waals surface area contributed by atoms with E-state index in [4.69, 9.17) is 58.0 Å². The van der Waals surface area contributed by atoms with Crippen molar-refractivity contribution in [2.75, 3.05) is 0 Å². The first-order valence-electron chi connectivity index (χ1n) is 5.02. The number of alkyl halides is 1. The van der Waals surface area contributed by atoms with Gasteiger partial charge in [0.05, 0.1) is 10.0 Å². The molecule has 0 fully saturated rings. The Kier molecular flexibility index (Phi) is 4.69. The fraction of sp³-hybridized carbons (Fsp3) is 0.0769. The van der Waals surface area contributed by atoms with Crippen LogP contribution in [0.4, 0.5) is 0 Å². The summed E-state index contributed by atoms with van der Waals surface area (Å²) in [7, 11) is 0. The van der Waals surface area contributed by atoms with Gasteiger partial charge in [0.1, 0.15) is 0 Å². The monoisotopic (exact) mass is 338 g/mol. The Morgan fingerprint density at radius 2 is 1.39 bits per heavy atom. The van der Waals surface area contributed by atoms with Crippen molar-refractivity contribution >= 4 is 58.0 Å². The molecular formula is C13H7Cl5. The second-order valence-corrected chi connectivity index (χ2v) is 5.61. The number of hydrogen-bond acceptors (Lipinski definition) is 0. The van der Waals surface area contributed by atoms with E-state index in [1.807, 2.05) is 12.1 Å². The van der Waals surface area contributed by atoms with E-state index in [1.165, 1.54) is 0 Å². The van der Waals surface area contributed by atoms with Crippen LogP contribution in [0.5, 0.6) is 0 Å². The molecule has 94 valence electrons. The summed E-state index contributed by atoms with van der Waals surface area (Å²) in [5, 5.41) is 2.03. The highest BCUT2D eigenvalue weighted by atomic mass is 35.5. The molecule has 0 aliphatic rings. The smallest absolute Gasteiger partial charge is 0.0607 e. The Bertz CT molecular complexity index is 592. The summed E-state index contributed by atoms with van der Waals surface area (Å²) in [6.45, 7) is 0. The van der Waals surface area contributed by atoms with Gasteiger partial charge in [0.15, 0.2) is 0 Å². The highest BCUT2D eigenvalue weighted by molar-refractivity contribution is 6.44. The third kappa shape index (κ3) is 2.89. The van der Waals surface area contributed by atoms with Gasteiger partial charge in [-0.3, -0.25) is 0 Å². The summed E-state index contributed by atoms with van der Waals surface area (Å²) in [5.74, 6) is 0.340. The zero-order chi connectivity index (χ0) is 13.3. The molecule has 5 heteroatoms. The second kappa shape index (κ2) is 5.90. The molecule has 2 aromatic carbocycles. The van der Waals surface area contributed by atoms with Crippen LogP contribution in [0.25, 0.3) is 11.1 Å². The molecular weight excluding hydrogens is 333 g/mol. The van der Waals surface area contributed by atoms with E-state index in [0.29, 0.717) is 26.0 Å². The minimum absolute atomic E-state index is 0.340. The summed E-state index contributed by atoms with van der Waals surface area (Å²) in [6, 6.07) is 8.80. The molecule has 0 aliphatic heterocycles. The van der Waals surface area contributed by atoms with E-state index in [0.717, 1.165) is 16.7 Å². The van der Waals surface area contributed by atoms with Gasteiger partial charge in [-0.1, -0.05) is 52.5 Å². The van der Waals surface area contributed by atoms with Crippen LogP contribution in [-0.2, 0) is 5.88 Å². The third-order valence-corrected chi connectivity index (χ3v) is 4.07. The van der Waals surface area contributed by atoms with E-state index in [-0.39, 0.29) is 0 Å². The molecule has 0 unspecified atom stereocenters. The van der Waals surface area contributed by atoms with Crippen molar-refractivity contribution in [2.45, 2.75) is 5.88 Å². The zero-order valence-electron chi connectivity index (χ0n) is 8.98. The Balaban J connectivity index is 2.65. The van der Waals surface area contributed by atoms with Gasteiger partial charge in [0.2, 0.25) is 0 Å². The maximum atomic E-state index is 6.19. The molecule has 0 bridgehead atoms. The van der Waals surface area contributed by atoms with Gasteiger partial charge in [-0.15, -0.1) is 11.6 Å². The van der Waals surface area contributed by atoms with Gasteiger partial charge in [0.25, 0.3) is 0 Å². The zero-order valence-corrected chi connectivity index (χ0v) is 12.8. The lowest BCUT2D eigenvalue weighted by Gasteiger charge is -2.11. The van der Waals surface area contributed by atoms with Gasteiger partial charge >= 0.3 is 0 Å². The molecule has 0 heterocycles. The quantitative estimate of drug-likeness (QED) is 0.421. The number of rotatable bonds is 2. The fourth-order valence-corrected chi connectivity index (χ4v) is 2.73. The number of benzene rings is 2. The molecule has 0 saturated heterocycles. The summed E-state index contributed by atoms with van der Waals surface area (Å²) in [4.78, 5) is 0. The summed E-state index contributed by atoms with van der Waals surface area (Å²) >= 11 is 30.0. The molecule has 0 spiro atoms. The van der Waals surface area contributed by atoms with Crippen molar-refractivity contribution in [1.82, 2.24) is 0 Å². The predicted molar refractivity (Wildman–Crippen MR) is 81.5 cm³/mol. The van der Waals surface area contributed by atoms with Crippen molar-refractivity contribution in [1.29, 1.82) is 0 Å². The van der Waals surface area contributed by atoms with E-state index in [1.54, 1.807) is 18.2 Å². The fourth-order valence-electron chi connectivity index (χ4n) is 1.66. The molecule has 0 aliphatic carbocycles. The lowest BCUT2D eigenvalue weighted by Crippen LogP contribution is -1.88. The third-order valence-electron chi connectivity index (χ3n) is 2.51. The van der Waals surface area contributed by atoms with E-state index in [2.05, 4.69) is 0 Å². The van der Waals surface area contributed by atoms with Gasteiger partial charge in [0, 0.05) is 21.5 Å². The average molecular weight is 340 g/mol. The SMILES string of the molecule is ClCc1cc(Cl)ccc1-c1cc(Cl)c(Cl)cc1Cl. The molecule has 0 N–H and O–H groups in total. The number of halogens is 5. The topological polar surface area (TPSA) is 0 Å². The highest BCUT2D eigenvalue weighted by Gasteiger charge is 2.11. The molecule has 0 atom stereocenters. The van der Waals surface area contributed by atoms with Gasteiger partial charge in [-0.2, -0.15) is 0 Å². The standard InChI is InChI=1S/C13H7Cl5/c14-6-7-3-8(15)1-2-9(7)10-4-12(17)13(18)5-11(10)16/h1-5H,6H2. The molecule has 0 amide bonds. The maximum absolute atomic E-state index is 6.19. The summed E-state index contributed by atoms with van der Waals surface area (Å²) in [6.07, 6.45) is 0. The molecule has 0 radical (unpaired) electrons. The molecule has 2 aromatic rings. The minimum atomic E-state index is 0.340. The van der Waals surface area contributed by atoms with Crippen molar-refractivity contribution in [3.05, 3.63) is 56.0 Å². The highest BCUT2D eigenvalue weighted by Crippen LogP contribution is 2.37. The summed E-state index contributed by atoms with van der Waals surface area (Å²) in [5.41, 5.74) is 2.58. The first-order chi connectivity index (χ1) is 8.52. The molecule has 18 heavy (non-hydrogen) atoms. The largest absolute Gasteiger partial charge is 0.122 e. The van der Waals surface area contributed by atoms with Crippen LogP contribution < -0.4 is 0 Å². The lowest BCUT2D eigenvalue weighted by molar-refractivity contribution is 1.40. The van der Waals surface area contributed by atoms with Crippen LogP contribution in [0.15, 0.2) is 30.3 Å². The Hall–Kier alpha value is -0.110. The number of hydrogen-bond donors (Lipinski definition) is 0. The summed E-state index contributed by atoms with van der Waals surface area (Å²) < 4.78 is 0. The average Bonchev–Trinajstić information content (AvgIpc) is 2.34. The Morgan fingerprint density at radius 1 is 0.722 bits per heavy atom. The van der Waals surface area contributed by atoms with Crippen molar-refractivity contribution in [3.63, 3.8) is 0 Å².